The first-order valence-corrected chi connectivity index (χ1v) is 6.74. The fraction of sp³-hybridized carbons (Fsp3) is 0.462. The van der Waals surface area contributed by atoms with Crippen molar-refractivity contribution in [3.05, 3.63) is 29.3 Å². The Hall–Kier alpha value is -0.970. The van der Waals surface area contributed by atoms with E-state index < -0.39 is 0 Å². The predicted octanol–water partition coefficient (Wildman–Crippen LogP) is 2.98. The highest BCUT2D eigenvalue weighted by atomic mass is 32.1. The second kappa shape index (κ2) is 6.10. The number of nitrogens with zero attached hydrogens (tertiary/aromatic N) is 1. The van der Waals surface area contributed by atoms with E-state index in [1.807, 2.05) is 6.20 Å². The van der Waals surface area contributed by atoms with Gasteiger partial charge >= 0.3 is 0 Å². The first-order chi connectivity index (χ1) is 8.31. The van der Waals surface area contributed by atoms with Gasteiger partial charge in [-0.3, -0.25) is 4.98 Å². The van der Waals surface area contributed by atoms with Gasteiger partial charge in [0.2, 0.25) is 0 Å². The van der Waals surface area contributed by atoms with E-state index in [9.17, 15) is 0 Å². The Labute approximate surface area is 106 Å². The molecule has 0 saturated carbocycles. The molecule has 0 amide bonds. The molecule has 0 radical (unpaired) electrons. The first kappa shape index (κ1) is 12.5. The summed E-state index contributed by atoms with van der Waals surface area (Å²) in [6, 6.07) is 4.62. The second-order valence-electron chi connectivity index (χ2n) is 4.09. The molecule has 0 aliphatic heterocycles. The molecule has 92 valence electrons. The molecule has 0 fully saturated rings. The number of fused-ring (bicyclic) bond motifs is 1. The second-order valence-corrected chi connectivity index (χ2v) is 5.04. The quantitative estimate of drug-likeness (QED) is 0.800. The monoisotopic (exact) mass is 250 g/mol. The normalized spacial score (nSPS) is 13.1. The minimum absolute atomic E-state index is 0.339. The van der Waals surface area contributed by atoms with Gasteiger partial charge in [-0.25, -0.2) is 0 Å². The molecule has 17 heavy (non-hydrogen) atoms. The van der Waals surface area contributed by atoms with E-state index in [4.69, 9.17) is 4.74 Å². The number of nitrogens with one attached hydrogen (secondary N) is 1. The molecule has 2 aromatic heterocycles. The lowest BCUT2D eigenvalue weighted by molar-refractivity contribution is 0.193. The van der Waals surface area contributed by atoms with E-state index in [0.29, 0.717) is 6.04 Å². The summed E-state index contributed by atoms with van der Waals surface area (Å²) in [6.07, 6.45) is 3.00. The topological polar surface area (TPSA) is 34.1 Å². The Morgan fingerprint density at radius 1 is 1.53 bits per heavy atom. The number of pyridine rings is 1. The lowest BCUT2D eigenvalue weighted by atomic mass is 10.1. The zero-order valence-electron chi connectivity index (χ0n) is 10.3. The summed E-state index contributed by atoms with van der Waals surface area (Å²) in [5, 5.41) is 5.56. The molecule has 0 aromatic carbocycles. The van der Waals surface area contributed by atoms with Crippen LogP contribution in [0.25, 0.3) is 10.2 Å². The summed E-state index contributed by atoms with van der Waals surface area (Å²) in [5.41, 5.74) is 2.34. The number of aromatic nitrogens is 1. The fourth-order valence-electron chi connectivity index (χ4n) is 1.75. The van der Waals surface area contributed by atoms with Crippen molar-refractivity contribution in [2.45, 2.75) is 19.4 Å². The van der Waals surface area contributed by atoms with Gasteiger partial charge in [0.25, 0.3) is 0 Å². The highest BCUT2D eigenvalue weighted by Crippen LogP contribution is 2.22. The summed E-state index contributed by atoms with van der Waals surface area (Å²) in [6.45, 7) is 3.95. The lowest BCUT2D eigenvalue weighted by Crippen LogP contribution is -2.20. The Balaban J connectivity index is 1.95. The van der Waals surface area contributed by atoms with Crippen molar-refractivity contribution in [3.8, 4) is 0 Å². The van der Waals surface area contributed by atoms with E-state index in [1.54, 1.807) is 18.4 Å². The maximum absolute atomic E-state index is 5.03. The summed E-state index contributed by atoms with van der Waals surface area (Å²) in [4.78, 5) is 4.45. The summed E-state index contributed by atoms with van der Waals surface area (Å²) in [7, 11) is 1.73. The predicted molar refractivity (Wildman–Crippen MR) is 72.5 cm³/mol. The third-order valence-corrected chi connectivity index (χ3v) is 3.65. The van der Waals surface area contributed by atoms with E-state index in [-0.39, 0.29) is 0 Å². The SMILES string of the molecule is COCCCNC(C)c1cnc2ccsc2c1. The highest BCUT2D eigenvalue weighted by molar-refractivity contribution is 7.17. The van der Waals surface area contributed by atoms with Crippen molar-refractivity contribution in [1.82, 2.24) is 10.3 Å². The minimum atomic E-state index is 0.339. The molecule has 0 bridgehead atoms. The molecule has 1 unspecified atom stereocenters. The molecule has 0 aliphatic carbocycles. The van der Waals surface area contributed by atoms with Gasteiger partial charge < -0.3 is 10.1 Å². The van der Waals surface area contributed by atoms with Crippen molar-refractivity contribution in [3.63, 3.8) is 0 Å². The summed E-state index contributed by atoms with van der Waals surface area (Å²) in [5.74, 6) is 0. The number of rotatable bonds is 6. The number of hydrogen-bond donors (Lipinski definition) is 1. The van der Waals surface area contributed by atoms with Crippen LogP contribution < -0.4 is 5.32 Å². The van der Waals surface area contributed by atoms with Crippen molar-refractivity contribution in [2.75, 3.05) is 20.3 Å². The van der Waals surface area contributed by atoms with Gasteiger partial charge in [-0.2, -0.15) is 0 Å². The third kappa shape index (κ3) is 3.25. The fourth-order valence-corrected chi connectivity index (χ4v) is 2.54. The van der Waals surface area contributed by atoms with Gasteiger partial charge in [-0.15, -0.1) is 11.3 Å². The highest BCUT2D eigenvalue weighted by Gasteiger charge is 2.06. The molecule has 2 rings (SSSR count). The number of ether oxygens (including phenoxy) is 1. The molecule has 2 heterocycles. The van der Waals surface area contributed by atoms with Crippen LogP contribution in [-0.4, -0.2) is 25.2 Å². The van der Waals surface area contributed by atoms with Crippen LogP contribution in [-0.2, 0) is 4.74 Å². The van der Waals surface area contributed by atoms with Crippen LogP contribution in [0, 0.1) is 0 Å². The van der Waals surface area contributed by atoms with Gasteiger partial charge in [0, 0.05) is 26.0 Å². The number of hydrogen-bond acceptors (Lipinski definition) is 4. The van der Waals surface area contributed by atoms with Crippen molar-refractivity contribution in [2.24, 2.45) is 0 Å². The zero-order chi connectivity index (χ0) is 12.1. The van der Waals surface area contributed by atoms with Crippen molar-refractivity contribution >= 4 is 21.6 Å². The van der Waals surface area contributed by atoms with Crippen molar-refractivity contribution < 1.29 is 4.74 Å². The van der Waals surface area contributed by atoms with Gasteiger partial charge in [0.15, 0.2) is 0 Å². The Morgan fingerprint density at radius 3 is 3.24 bits per heavy atom. The van der Waals surface area contributed by atoms with Gasteiger partial charge in [0.1, 0.15) is 0 Å². The standard InChI is InChI=1S/C13H18N2OS/c1-10(14-5-3-6-16-2)11-8-13-12(15-9-11)4-7-17-13/h4,7-10,14H,3,5-6H2,1-2H3. The van der Waals surface area contributed by atoms with E-state index >= 15 is 0 Å². The molecular formula is C13H18N2OS. The van der Waals surface area contributed by atoms with E-state index in [1.165, 1.54) is 10.3 Å². The number of thiophene rings is 1. The average Bonchev–Trinajstić information content (AvgIpc) is 2.81. The maximum atomic E-state index is 5.03. The molecule has 3 nitrogen and oxygen atoms in total. The smallest absolute Gasteiger partial charge is 0.0809 e. The Bertz CT molecular complexity index is 469. The van der Waals surface area contributed by atoms with Gasteiger partial charge in [-0.05, 0) is 43.0 Å². The van der Waals surface area contributed by atoms with Crippen LogP contribution in [0.15, 0.2) is 23.7 Å². The van der Waals surface area contributed by atoms with Crippen LogP contribution in [0.1, 0.15) is 24.9 Å². The number of methoxy groups -OCH3 is 1. The third-order valence-electron chi connectivity index (χ3n) is 2.80. The molecular weight excluding hydrogens is 232 g/mol. The molecule has 1 atom stereocenters. The first-order valence-electron chi connectivity index (χ1n) is 5.86. The van der Waals surface area contributed by atoms with Crippen LogP contribution in [0.4, 0.5) is 0 Å². The van der Waals surface area contributed by atoms with Crippen LogP contribution in [0.2, 0.25) is 0 Å². The lowest BCUT2D eigenvalue weighted by Gasteiger charge is -2.13. The van der Waals surface area contributed by atoms with Crippen LogP contribution in [0.3, 0.4) is 0 Å². The minimum Gasteiger partial charge on any atom is -0.385 e. The maximum Gasteiger partial charge on any atom is 0.0809 e. The molecule has 2 aromatic rings. The van der Waals surface area contributed by atoms with Gasteiger partial charge in [0.05, 0.1) is 10.2 Å². The van der Waals surface area contributed by atoms with Crippen LogP contribution in [0.5, 0.6) is 0 Å². The molecule has 0 spiro atoms. The summed E-state index contributed by atoms with van der Waals surface area (Å²) < 4.78 is 6.28. The molecule has 0 aliphatic rings. The average molecular weight is 250 g/mol. The summed E-state index contributed by atoms with van der Waals surface area (Å²) >= 11 is 1.74. The molecule has 0 saturated heterocycles. The Morgan fingerprint density at radius 2 is 2.41 bits per heavy atom. The van der Waals surface area contributed by atoms with Gasteiger partial charge in [-0.1, -0.05) is 0 Å². The Kier molecular flexibility index (Phi) is 4.48. The van der Waals surface area contributed by atoms with E-state index in [2.05, 4.69) is 34.7 Å². The van der Waals surface area contributed by atoms with Crippen molar-refractivity contribution in [1.29, 1.82) is 0 Å². The largest absolute Gasteiger partial charge is 0.385 e. The van der Waals surface area contributed by atoms with E-state index in [0.717, 1.165) is 25.1 Å². The molecule has 1 N–H and O–H groups in total. The van der Waals surface area contributed by atoms with Crippen LogP contribution >= 0.6 is 11.3 Å². The molecule has 4 heteroatoms. The zero-order valence-corrected chi connectivity index (χ0v) is 11.1.